The van der Waals surface area contributed by atoms with E-state index in [9.17, 15) is 4.79 Å². The van der Waals surface area contributed by atoms with Crippen LogP contribution in [0.1, 0.15) is 11.4 Å². The molecule has 108 valence electrons. The third kappa shape index (κ3) is 2.37. The minimum Gasteiger partial charge on any atom is -0.321 e. The van der Waals surface area contributed by atoms with Gasteiger partial charge in [-0.1, -0.05) is 17.3 Å². The van der Waals surface area contributed by atoms with E-state index in [1.165, 1.54) is 0 Å². The van der Waals surface area contributed by atoms with Crippen LogP contribution in [-0.2, 0) is 18.4 Å². The molecule has 1 amide bonds. The van der Waals surface area contributed by atoms with Crippen molar-refractivity contribution in [1.82, 2.24) is 24.8 Å². The lowest BCUT2D eigenvalue weighted by atomic mass is 10.3. The molecule has 1 N–H and O–H groups in total. The second kappa shape index (κ2) is 5.01. The number of carbonyl (C=O) groups is 1. The Labute approximate surface area is 121 Å². The molecule has 21 heavy (non-hydrogen) atoms. The van der Waals surface area contributed by atoms with Gasteiger partial charge in [0.25, 0.3) is 0 Å². The van der Waals surface area contributed by atoms with Crippen molar-refractivity contribution in [1.29, 1.82) is 0 Å². The molecule has 0 bridgehead atoms. The van der Waals surface area contributed by atoms with Crippen LogP contribution in [0.2, 0.25) is 0 Å². The van der Waals surface area contributed by atoms with E-state index in [1.807, 2.05) is 45.2 Å². The number of nitrogens with one attached hydrogen (secondary N) is 1. The number of aromatic nitrogens is 5. The number of hydrogen-bond donors (Lipinski definition) is 1. The maximum absolute atomic E-state index is 12.2. The zero-order chi connectivity index (χ0) is 15.0. The number of para-hydroxylation sites is 1. The van der Waals surface area contributed by atoms with Gasteiger partial charge in [-0.2, -0.15) is 5.10 Å². The van der Waals surface area contributed by atoms with Crippen molar-refractivity contribution in [3.05, 3.63) is 35.7 Å². The Morgan fingerprint density at radius 3 is 2.76 bits per heavy atom. The molecule has 2 heterocycles. The Hall–Kier alpha value is -2.70. The van der Waals surface area contributed by atoms with Crippen molar-refractivity contribution >= 4 is 22.6 Å². The molecule has 2 aromatic heterocycles. The number of amides is 1. The molecule has 1 aromatic carbocycles. The smallest absolute Gasteiger partial charge is 0.246 e. The summed E-state index contributed by atoms with van der Waals surface area (Å²) in [7, 11) is 1.85. The summed E-state index contributed by atoms with van der Waals surface area (Å²) in [5, 5.41) is 15.2. The Bertz CT molecular complexity index is 816. The predicted molar refractivity (Wildman–Crippen MR) is 78.8 cm³/mol. The molecule has 7 heteroatoms. The van der Waals surface area contributed by atoms with E-state index < -0.39 is 0 Å². The van der Waals surface area contributed by atoms with Gasteiger partial charge in [-0.3, -0.25) is 9.48 Å². The molecule has 0 aliphatic carbocycles. The van der Waals surface area contributed by atoms with Gasteiger partial charge in [0, 0.05) is 7.05 Å². The first kappa shape index (κ1) is 13.3. The average Bonchev–Trinajstić information content (AvgIpc) is 2.96. The fourth-order valence-electron chi connectivity index (χ4n) is 2.30. The first-order chi connectivity index (χ1) is 10.1. The zero-order valence-corrected chi connectivity index (χ0v) is 12.2. The lowest BCUT2D eigenvalue weighted by Crippen LogP contribution is -2.20. The highest BCUT2D eigenvalue weighted by Crippen LogP contribution is 2.18. The summed E-state index contributed by atoms with van der Waals surface area (Å²) >= 11 is 0. The third-order valence-electron chi connectivity index (χ3n) is 3.49. The molecule has 0 aliphatic rings. The average molecular weight is 284 g/mol. The van der Waals surface area contributed by atoms with Crippen LogP contribution in [-0.4, -0.2) is 30.7 Å². The highest BCUT2D eigenvalue weighted by Gasteiger charge is 2.14. The van der Waals surface area contributed by atoms with Crippen molar-refractivity contribution in [2.24, 2.45) is 7.05 Å². The summed E-state index contributed by atoms with van der Waals surface area (Å²) < 4.78 is 3.33. The molecule has 0 radical (unpaired) electrons. The van der Waals surface area contributed by atoms with E-state index in [0.29, 0.717) is 0 Å². The van der Waals surface area contributed by atoms with Crippen LogP contribution in [0.25, 0.3) is 11.0 Å². The number of rotatable bonds is 3. The molecule has 3 rings (SSSR count). The predicted octanol–water partition coefficient (Wildman–Crippen LogP) is 1.42. The van der Waals surface area contributed by atoms with Gasteiger partial charge < -0.3 is 5.32 Å². The Balaban J connectivity index is 1.81. The Morgan fingerprint density at radius 1 is 1.29 bits per heavy atom. The molecule has 3 aromatic rings. The highest BCUT2D eigenvalue weighted by molar-refractivity contribution is 5.92. The van der Waals surface area contributed by atoms with Gasteiger partial charge in [-0.05, 0) is 26.0 Å². The molecule has 0 saturated carbocycles. The van der Waals surface area contributed by atoms with Crippen LogP contribution in [0.3, 0.4) is 0 Å². The molecular formula is C14H16N6O. The van der Waals surface area contributed by atoms with Crippen LogP contribution < -0.4 is 5.32 Å². The molecular weight excluding hydrogens is 268 g/mol. The van der Waals surface area contributed by atoms with E-state index in [0.717, 1.165) is 28.1 Å². The van der Waals surface area contributed by atoms with Gasteiger partial charge in [0.2, 0.25) is 5.91 Å². The first-order valence-electron chi connectivity index (χ1n) is 6.64. The van der Waals surface area contributed by atoms with Crippen LogP contribution in [0.5, 0.6) is 0 Å². The standard InChI is InChI=1S/C14H16N6O/c1-9-14(10(2)19(3)17-9)15-13(21)8-20-12-7-5-4-6-11(12)16-18-20/h4-7H,8H2,1-3H3,(H,15,21). The highest BCUT2D eigenvalue weighted by atomic mass is 16.2. The fraction of sp³-hybridized carbons (Fsp3) is 0.286. The summed E-state index contributed by atoms with van der Waals surface area (Å²) in [5.74, 6) is -0.148. The number of aryl methyl sites for hydroxylation is 2. The van der Waals surface area contributed by atoms with Gasteiger partial charge >= 0.3 is 0 Å². The summed E-state index contributed by atoms with van der Waals surface area (Å²) in [4.78, 5) is 12.2. The van der Waals surface area contributed by atoms with Crippen LogP contribution >= 0.6 is 0 Å². The van der Waals surface area contributed by atoms with Gasteiger partial charge in [0.15, 0.2) is 0 Å². The molecule has 0 aliphatic heterocycles. The zero-order valence-electron chi connectivity index (χ0n) is 12.2. The molecule has 0 spiro atoms. The minimum absolute atomic E-state index is 0.119. The molecule has 0 unspecified atom stereocenters. The lowest BCUT2D eigenvalue weighted by molar-refractivity contribution is -0.116. The van der Waals surface area contributed by atoms with Crippen LogP contribution in [0.15, 0.2) is 24.3 Å². The van der Waals surface area contributed by atoms with E-state index in [2.05, 4.69) is 20.7 Å². The Kier molecular flexibility index (Phi) is 3.17. The Morgan fingerprint density at radius 2 is 2.05 bits per heavy atom. The van der Waals surface area contributed by atoms with Gasteiger partial charge in [0.05, 0.1) is 22.6 Å². The topological polar surface area (TPSA) is 77.6 Å². The maximum atomic E-state index is 12.2. The van der Waals surface area contributed by atoms with E-state index in [1.54, 1.807) is 9.36 Å². The second-order valence-corrected chi connectivity index (χ2v) is 4.95. The molecule has 0 fully saturated rings. The summed E-state index contributed by atoms with van der Waals surface area (Å²) in [6.07, 6.45) is 0. The number of fused-ring (bicyclic) bond motifs is 1. The van der Waals surface area contributed by atoms with Crippen molar-refractivity contribution in [3.63, 3.8) is 0 Å². The van der Waals surface area contributed by atoms with E-state index >= 15 is 0 Å². The number of carbonyl (C=O) groups excluding carboxylic acids is 1. The van der Waals surface area contributed by atoms with E-state index in [-0.39, 0.29) is 12.5 Å². The van der Waals surface area contributed by atoms with Crippen LogP contribution in [0.4, 0.5) is 5.69 Å². The number of nitrogens with zero attached hydrogens (tertiary/aromatic N) is 5. The first-order valence-corrected chi connectivity index (χ1v) is 6.64. The molecule has 0 atom stereocenters. The van der Waals surface area contributed by atoms with Crippen molar-refractivity contribution in [2.75, 3.05) is 5.32 Å². The molecule has 7 nitrogen and oxygen atoms in total. The van der Waals surface area contributed by atoms with Crippen LogP contribution in [0, 0.1) is 13.8 Å². The van der Waals surface area contributed by atoms with E-state index in [4.69, 9.17) is 0 Å². The minimum atomic E-state index is -0.148. The summed E-state index contributed by atoms with van der Waals surface area (Å²) in [6, 6.07) is 7.55. The van der Waals surface area contributed by atoms with Gasteiger partial charge in [0.1, 0.15) is 12.1 Å². The quantitative estimate of drug-likeness (QED) is 0.789. The SMILES string of the molecule is Cc1nn(C)c(C)c1NC(=O)Cn1nnc2ccccc21. The molecule has 0 saturated heterocycles. The monoisotopic (exact) mass is 284 g/mol. The maximum Gasteiger partial charge on any atom is 0.246 e. The fourth-order valence-corrected chi connectivity index (χ4v) is 2.30. The summed E-state index contributed by atoms with van der Waals surface area (Å²) in [6.45, 7) is 3.91. The van der Waals surface area contributed by atoms with Crippen molar-refractivity contribution in [2.45, 2.75) is 20.4 Å². The van der Waals surface area contributed by atoms with Crippen molar-refractivity contribution < 1.29 is 4.79 Å². The lowest BCUT2D eigenvalue weighted by Gasteiger charge is -2.06. The van der Waals surface area contributed by atoms with Gasteiger partial charge in [-0.15, -0.1) is 5.10 Å². The number of hydrogen-bond acceptors (Lipinski definition) is 4. The van der Waals surface area contributed by atoms with Crippen molar-refractivity contribution in [3.8, 4) is 0 Å². The number of benzene rings is 1. The normalized spacial score (nSPS) is 11.0. The summed E-state index contributed by atoms with van der Waals surface area (Å²) in [5.41, 5.74) is 4.09. The second-order valence-electron chi connectivity index (χ2n) is 4.95. The number of anilines is 1. The largest absolute Gasteiger partial charge is 0.321 e. The third-order valence-corrected chi connectivity index (χ3v) is 3.49. The van der Waals surface area contributed by atoms with Gasteiger partial charge in [-0.25, -0.2) is 4.68 Å².